The van der Waals surface area contributed by atoms with Crippen molar-refractivity contribution in [2.45, 2.75) is 11.5 Å². The summed E-state index contributed by atoms with van der Waals surface area (Å²) in [6.45, 7) is -3.23. The third-order valence-electron chi connectivity index (χ3n) is 4.50. The molecule has 0 aliphatic heterocycles. The molecule has 0 bridgehead atoms. The van der Waals surface area contributed by atoms with Crippen LogP contribution in [0.2, 0.25) is 0 Å². The van der Waals surface area contributed by atoms with Crippen LogP contribution in [0.1, 0.15) is 0 Å². The quantitative estimate of drug-likeness (QED) is 0.377. The van der Waals surface area contributed by atoms with Gasteiger partial charge in [-0.05, 0) is 12.1 Å². The van der Waals surface area contributed by atoms with Gasteiger partial charge in [0.1, 0.15) is 10.7 Å². The smallest absolute Gasteiger partial charge is 0.387 e. The van der Waals surface area contributed by atoms with Gasteiger partial charge in [0.25, 0.3) is 21.8 Å². The Hall–Kier alpha value is -4.14. The van der Waals surface area contributed by atoms with Crippen LogP contribution in [-0.2, 0) is 10.0 Å². The van der Waals surface area contributed by atoms with Crippen molar-refractivity contribution in [3.63, 3.8) is 0 Å². The van der Waals surface area contributed by atoms with Crippen LogP contribution < -0.4 is 18.9 Å². The number of hydrogen-bond acceptors (Lipinski definition) is 9. The van der Waals surface area contributed by atoms with E-state index < -0.39 is 45.9 Å². The largest absolute Gasteiger partial charge is 0.478 e. The van der Waals surface area contributed by atoms with Crippen LogP contribution in [-0.4, -0.2) is 54.2 Å². The van der Waals surface area contributed by atoms with Crippen LogP contribution in [0.15, 0.2) is 41.8 Å². The summed E-state index contributed by atoms with van der Waals surface area (Å²) in [4.78, 5) is 18.0. The van der Waals surface area contributed by atoms with Gasteiger partial charge in [-0.1, -0.05) is 0 Å². The van der Waals surface area contributed by atoms with Gasteiger partial charge in [0.2, 0.25) is 11.7 Å². The van der Waals surface area contributed by atoms with Gasteiger partial charge in [0.15, 0.2) is 0 Å². The lowest BCUT2D eigenvalue weighted by molar-refractivity contribution is -0.0533. The van der Waals surface area contributed by atoms with Gasteiger partial charge in [-0.3, -0.25) is 9.97 Å². The van der Waals surface area contributed by atoms with E-state index in [0.29, 0.717) is 0 Å². The van der Waals surface area contributed by atoms with Crippen molar-refractivity contribution in [2.75, 3.05) is 18.9 Å². The first kappa shape index (κ1) is 23.0. The molecule has 4 aromatic rings. The first-order valence-electron chi connectivity index (χ1n) is 9.28. The first-order chi connectivity index (χ1) is 16.2. The highest BCUT2D eigenvalue weighted by Crippen LogP contribution is 2.37. The van der Waals surface area contributed by atoms with E-state index in [9.17, 15) is 21.6 Å². The number of alkyl halides is 2. The van der Waals surface area contributed by atoms with Crippen LogP contribution in [0.3, 0.4) is 0 Å². The third kappa shape index (κ3) is 4.24. The number of nitrogens with one attached hydrogen (secondary N) is 2. The summed E-state index contributed by atoms with van der Waals surface area (Å²) < 4.78 is 82.4. The average Bonchev–Trinajstić information content (AvgIpc) is 3.24. The van der Waals surface area contributed by atoms with E-state index in [-0.39, 0.29) is 27.1 Å². The highest BCUT2D eigenvalue weighted by atomic mass is 32.2. The van der Waals surface area contributed by atoms with Crippen molar-refractivity contribution in [3.05, 3.63) is 42.7 Å². The number of fused-ring (bicyclic) bond motifs is 1. The minimum Gasteiger partial charge on any atom is -0.478 e. The fraction of sp³-hybridized carbons (Fsp3) is 0.158. The molecule has 0 aliphatic rings. The number of anilines is 1. The molecule has 15 heteroatoms. The molecule has 1 aromatic carbocycles. The number of halogens is 3. The molecule has 0 amide bonds. The molecule has 0 aliphatic carbocycles. The van der Waals surface area contributed by atoms with E-state index in [4.69, 9.17) is 9.47 Å². The SMILES string of the molecule is COc1nc(NS(=O)(=O)c2c[nH]c3c(-c4cnccn4)c(F)ccc23)nc(OC)c1OC(F)F. The Morgan fingerprint density at radius 3 is 2.38 bits per heavy atom. The molecule has 2 N–H and O–H groups in total. The Bertz CT molecular complexity index is 1420. The molecule has 178 valence electrons. The van der Waals surface area contributed by atoms with Crippen molar-refractivity contribution in [2.24, 2.45) is 0 Å². The summed E-state index contributed by atoms with van der Waals surface area (Å²) in [5.41, 5.74) is 0.384. The van der Waals surface area contributed by atoms with Gasteiger partial charge < -0.3 is 19.2 Å². The minimum atomic E-state index is -4.36. The number of sulfonamides is 1. The standard InChI is InChI=1S/C19H15F3N6O5S/c1-31-16-15(33-18(21)22)17(32-2)27-19(26-16)28-34(29,30)12-8-25-14-9(12)3-4-10(20)13(14)11-7-23-5-6-24-11/h3-8,18,25H,1-2H3,(H,26,27,28). The Morgan fingerprint density at radius 2 is 1.79 bits per heavy atom. The summed E-state index contributed by atoms with van der Waals surface area (Å²) in [7, 11) is -2.14. The summed E-state index contributed by atoms with van der Waals surface area (Å²) >= 11 is 0. The lowest BCUT2D eigenvalue weighted by Gasteiger charge is -2.14. The van der Waals surface area contributed by atoms with Crippen molar-refractivity contribution >= 4 is 26.9 Å². The van der Waals surface area contributed by atoms with E-state index in [0.717, 1.165) is 26.5 Å². The molecule has 11 nitrogen and oxygen atoms in total. The van der Waals surface area contributed by atoms with Crippen molar-refractivity contribution in [3.8, 4) is 28.8 Å². The third-order valence-corrected chi connectivity index (χ3v) is 5.87. The van der Waals surface area contributed by atoms with Gasteiger partial charge in [0.05, 0.1) is 37.2 Å². The molecule has 0 unspecified atom stereocenters. The van der Waals surface area contributed by atoms with Crippen LogP contribution in [0.25, 0.3) is 22.2 Å². The van der Waals surface area contributed by atoms with E-state index in [1.54, 1.807) is 0 Å². The number of benzene rings is 1. The predicted octanol–water partition coefficient (Wildman–Crippen LogP) is 2.97. The summed E-state index contributed by atoms with van der Waals surface area (Å²) in [5, 5.41) is 0.145. The number of nitrogens with zero attached hydrogens (tertiary/aromatic N) is 4. The van der Waals surface area contributed by atoms with Crippen molar-refractivity contribution in [1.82, 2.24) is 24.9 Å². The molecule has 3 heterocycles. The maximum atomic E-state index is 14.6. The Labute approximate surface area is 190 Å². The van der Waals surface area contributed by atoms with Gasteiger partial charge >= 0.3 is 6.61 Å². The Morgan fingerprint density at radius 1 is 1.09 bits per heavy atom. The summed E-state index contributed by atoms with van der Waals surface area (Å²) in [6.07, 6.45) is 5.26. The number of aromatic amines is 1. The summed E-state index contributed by atoms with van der Waals surface area (Å²) in [6, 6.07) is 2.37. The molecule has 34 heavy (non-hydrogen) atoms. The van der Waals surface area contributed by atoms with Gasteiger partial charge in [-0.25, -0.2) is 17.5 Å². The second-order valence-electron chi connectivity index (χ2n) is 6.47. The zero-order chi connectivity index (χ0) is 24.5. The second kappa shape index (κ2) is 9.01. The fourth-order valence-electron chi connectivity index (χ4n) is 3.15. The monoisotopic (exact) mass is 496 g/mol. The number of hydrogen-bond donors (Lipinski definition) is 2. The lowest BCUT2D eigenvalue weighted by atomic mass is 10.1. The van der Waals surface area contributed by atoms with Crippen LogP contribution in [0, 0.1) is 5.82 Å². The van der Waals surface area contributed by atoms with E-state index in [1.807, 2.05) is 0 Å². The number of H-pyrrole nitrogens is 1. The zero-order valence-electron chi connectivity index (χ0n) is 17.4. The maximum absolute atomic E-state index is 14.6. The number of aromatic nitrogens is 5. The van der Waals surface area contributed by atoms with Crippen molar-refractivity contribution in [1.29, 1.82) is 0 Å². The fourth-order valence-corrected chi connectivity index (χ4v) is 4.26. The normalized spacial score (nSPS) is 11.6. The van der Waals surface area contributed by atoms with Gasteiger partial charge in [-0.2, -0.15) is 18.7 Å². The molecule has 0 spiro atoms. The minimum absolute atomic E-state index is 0.0279. The average molecular weight is 496 g/mol. The number of methoxy groups -OCH3 is 2. The van der Waals surface area contributed by atoms with Crippen LogP contribution >= 0.6 is 0 Å². The van der Waals surface area contributed by atoms with E-state index in [2.05, 4.69) is 34.4 Å². The molecule has 0 fully saturated rings. The van der Waals surface area contributed by atoms with Gasteiger partial charge in [-0.15, -0.1) is 0 Å². The topological polar surface area (TPSA) is 141 Å². The second-order valence-corrected chi connectivity index (χ2v) is 8.12. The van der Waals surface area contributed by atoms with Crippen LogP contribution in [0.4, 0.5) is 19.1 Å². The maximum Gasteiger partial charge on any atom is 0.387 e. The Kier molecular flexibility index (Phi) is 6.10. The molecular weight excluding hydrogens is 481 g/mol. The molecule has 0 radical (unpaired) electrons. The highest BCUT2D eigenvalue weighted by molar-refractivity contribution is 7.93. The highest BCUT2D eigenvalue weighted by Gasteiger charge is 2.26. The zero-order valence-corrected chi connectivity index (χ0v) is 18.2. The van der Waals surface area contributed by atoms with E-state index >= 15 is 0 Å². The molecule has 3 aromatic heterocycles. The first-order valence-corrected chi connectivity index (χ1v) is 10.8. The molecule has 0 atom stereocenters. The molecule has 0 saturated carbocycles. The predicted molar refractivity (Wildman–Crippen MR) is 112 cm³/mol. The number of rotatable bonds is 8. The van der Waals surface area contributed by atoms with Crippen molar-refractivity contribution < 1.29 is 35.8 Å². The lowest BCUT2D eigenvalue weighted by Crippen LogP contribution is -2.16. The van der Waals surface area contributed by atoms with Crippen LogP contribution in [0.5, 0.6) is 17.5 Å². The van der Waals surface area contributed by atoms with Gasteiger partial charge in [0, 0.05) is 24.0 Å². The number of ether oxygens (including phenoxy) is 3. The molecule has 4 rings (SSSR count). The molecular formula is C19H15F3N6O5S. The summed E-state index contributed by atoms with van der Waals surface area (Å²) in [5.74, 6) is -2.77. The molecule has 0 saturated heterocycles. The Balaban J connectivity index is 1.77. The van der Waals surface area contributed by atoms with E-state index in [1.165, 1.54) is 24.7 Å².